The Kier molecular flexibility index (Phi) is 7.82. The number of rotatable bonds is 7. The van der Waals surface area contributed by atoms with Gasteiger partial charge in [0.05, 0.1) is 5.56 Å². The van der Waals surface area contributed by atoms with Crippen LogP contribution in [0.4, 0.5) is 0 Å². The molecule has 0 bridgehead atoms. The van der Waals surface area contributed by atoms with Crippen molar-refractivity contribution < 1.29 is 28.6 Å². The van der Waals surface area contributed by atoms with Gasteiger partial charge in [0.1, 0.15) is 11.5 Å². The van der Waals surface area contributed by atoms with E-state index >= 15 is 0 Å². The molecule has 32 heavy (non-hydrogen) atoms. The first-order valence-electron chi connectivity index (χ1n) is 10.2. The van der Waals surface area contributed by atoms with Crippen LogP contribution in [0.5, 0.6) is 11.5 Å². The molecule has 0 spiro atoms. The Balaban J connectivity index is 2.41. The highest BCUT2D eigenvalue weighted by atomic mass is 16.6. The number of benzene rings is 2. The van der Waals surface area contributed by atoms with Gasteiger partial charge in [0.15, 0.2) is 5.60 Å². The lowest BCUT2D eigenvalue weighted by molar-refractivity contribution is -0.133. The fourth-order valence-electron chi connectivity index (χ4n) is 3.39. The second-order valence-electron chi connectivity index (χ2n) is 7.83. The Morgan fingerprint density at radius 3 is 1.97 bits per heavy atom. The zero-order chi connectivity index (χ0) is 24.1. The van der Waals surface area contributed by atoms with E-state index in [1.165, 1.54) is 13.8 Å². The molecule has 2 aromatic carbocycles. The number of hydrogen-bond donors (Lipinski definition) is 0. The van der Waals surface area contributed by atoms with Crippen molar-refractivity contribution in [2.75, 3.05) is 0 Å². The molecule has 1 atom stereocenters. The van der Waals surface area contributed by atoms with Crippen LogP contribution in [0, 0.1) is 33.1 Å². The Bertz CT molecular complexity index is 1080. The highest BCUT2D eigenvalue weighted by molar-refractivity contribution is 5.89. The second kappa shape index (κ2) is 10.1. The summed E-state index contributed by atoms with van der Waals surface area (Å²) < 4.78 is 16.6. The van der Waals surface area contributed by atoms with Gasteiger partial charge in [-0.05, 0) is 62.9 Å². The molecule has 2 aromatic rings. The maximum absolute atomic E-state index is 12.5. The van der Waals surface area contributed by atoms with E-state index in [-0.39, 0.29) is 6.42 Å². The molecule has 0 saturated carbocycles. The lowest BCUT2D eigenvalue weighted by atomic mass is 9.90. The molecule has 6 heteroatoms. The summed E-state index contributed by atoms with van der Waals surface area (Å²) in [4.78, 5) is 35.9. The zero-order valence-corrected chi connectivity index (χ0v) is 19.3. The monoisotopic (exact) mass is 436 g/mol. The topological polar surface area (TPSA) is 78.9 Å². The molecule has 0 aliphatic heterocycles. The maximum Gasteiger partial charge on any atom is 0.339 e. The molecule has 168 valence electrons. The second-order valence-corrected chi connectivity index (χ2v) is 7.83. The summed E-state index contributed by atoms with van der Waals surface area (Å²) in [5, 5.41) is 0. The van der Waals surface area contributed by atoms with Gasteiger partial charge in [0.25, 0.3) is 0 Å². The number of hydrogen-bond acceptors (Lipinski definition) is 6. The van der Waals surface area contributed by atoms with Gasteiger partial charge in [-0.2, -0.15) is 0 Å². The van der Waals surface area contributed by atoms with Crippen molar-refractivity contribution in [2.24, 2.45) is 0 Å². The number of terminal acetylenes is 1. The third-order valence-corrected chi connectivity index (χ3v) is 5.29. The highest BCUT2D eigenvalue weighted by Gasteiger charge is 2.29. The molecule has 0 amide bonds. The summed E-state index contributed by atoms with van der Waals surface area (Å²) in [6, 6.07) is 8.58. The molecule has 2 rings (SSSR count). The SMILES string of the molecule is C#C[C@](C)(CCc1c(C)c(OC(C)=O)c(C)c(C)c1OC(C)=O)OC(=O)c1ccccc1. The maximum atomic E-state index is 12.5. The number of carbonyl (C=O) groups excluding carboxylic acids is 3. The Morgan fingerprint density at radius 1 is 0.906 bits per heavy atom. The summed E-state index contributed by atoms with van der Waals surface area (Å²) in [5.74, 6) is 1.94. The van der Waals surface area contributed by atoms with Crippen LogP contribution in [0.25, 0.3) is 0 Å². The van der Waals surface area contributed by atoms with Crippen LogP contribution in [-0.4, -0.2) is 23.5 Å². The van der Waals surface area contributed by atoms with Gasteiger partial charge in [-0.15, -0.1) is 6.42 Å². The lowest BCUT2D eigenvalue weighted by Crippen LogP contribution is -2.31. The first kappa shape index (κ1) is 24.7. The first-order valence-corrected chi connectivity index (χ1v) is 10.2. The molecule has 0 aliphatic rings. The van der Waals surface area contributed by atoms with Crippen LogP contribution in [0.1, 0.15) is 59.8 Å². The standard InChI is InChI=1S/C26H28O6/c1-8-26(7,32-25(29)21-12-10-9-11-13-21)15-14-22-18(4)23(30-19(5)27)16(2)17(3)24(22)31-20(6)28/h1,9-13H,14-15H2,2-7H3/t26-/m1/s1. The third-order valence-electron chi connectivity index (χ3n) is 5.29. The normalized spacial score (nSPS) is 12.3. The van der Waals surface area contributed by atoms with Crippen LogP contribution in [0.3, 0.4) is 0 Å². The molecular weight excluding hydrogens is 408 g/mol. The van der Waals surface area contributed by atoms with E-state index in [9.17, 15) is 14.4 Å². The predicted molar refractivity (Wildman–Crippen MR) is 121 cm³/mol. The van der Waals surface area contributed by atoms with E-state index in [1.54, 1.807) is 58.0 Å². The van der Waals surface area contributed by atoms with Gasteiger partial charge >= 0.3 is 17.9 Å². The van der Waals surface area contributed by atoms with E-state index in [0.717, 1.165) is 0 Å². The fraction of sp³-hybridized carbons (Fsp3) is 0.346. The van der Waals surface area contributed by atoms with Crippen molar-refractivity contribution in [3.8, 4) is 23.8 Å². The van der Waals surface area contributed by atoms with Crippen molar-refractivity contribution in [1.29, 1.82) is 0 Å². The quantitative estimate of drug-likeness (QED) is 0.357. The van der Waals surface area contributed by atoms with Crippen LogP contribution >= 0.6 is 0 Å². The van der Waals surface area contributed by atoms with Gasteiger partial charge in [0, 0.05) is 25.8 Å². The van der Waals surface area contributed by atoms with Gasteiger partial charge in [0.2, 0.25) is 0 Å². The van der Waals surface area contributed by atoms with Gasteiger partial charge in [-0.3, -0.25) is 9.59 Å². The minimum atomic E-state index is -1.20. The summed E-state index contributed by atoms with van der Waals surface area (Å²) in [7, 11) is 0. The largest absolute Gasteiger partial charge is 0.443 e. The smallest absolute Gasteiger partial charge is 0.339 e. The minimum Gasteiger partial charge on any atom is -0.443 e. The average molecular weight is 437 g/mol. The number of esters is 3. The third kappa shape index (κ3) is 5.76. The summed E-state index contributed by atoms with van der Waals surface area (Å²) in [6.45, 7) is 9.68. The van der Waals surface area contributed by atoms with Crippen molar-refractivity contribution >= 4 is 17.9 Å². The fourth-order valence-corrected chi connectivity index (χ4v) is 3.39. The summed E-state index contributed by atoms with van der Waals surface area (Å²) >= 11 is 0. The van der Waals surface area contributed by atoms with Crippen molar-refractivity contribution in [1.82, 2.24) is 0 Å². The van der Waals surface area contributed by atoms with E-state index in [4.69, 9.17) is 20.6 Å². The van der Waals surface area contributed by atoms with Crippen molar-refractivity contribution in [3.63, 3.8) is 0 Å². The number of ether oxygens (including phenoxy) is 3. The molecule has 0 N–H and O–H groups in total. The molecule has 0 radical (unpaired) electrons. The van der Waals surface area contributed by atoms with Crippen molar-refractivity contribution in [3.05, 3.63) is 58.1 Å². The van der Waals surface area contributed by atoms with Crippen molar-refractivity contribution in [2.45, 2.75) is 60.0 Å². The number of carbonyl (C=O) groups is 3. The van der Waals surface area contributed by atoms with E-state index in [0.29, 0.717) is 45.7 Å². The molecule has 0 heterocycles. The Labute approximate surface area is 188 Å². The van der Waals surface area contributed by atoms with E-state index < -0.39 is 23.5 Å². The molecule has 6 nitrogen and oxygen atoms in total. The van der Waals surface area contributed by atoms with Gasteiger partial charge < -0.3 is 14.2 Å². The van der Waals surface area contributed by atoms with Crippen LogP contribution < -0.4 is 9.47 Å². The highest BCUT2D eigenvalue weighted by Crippen LogP contribution is 2.39. The Hall–Kier alpha value is -3.59. The van der Waals surface area contributed by atoms with Crippen LogP contribution in [0.15, 0.2) is 30.3 Å². The van der Waals surface area contributed by atoms with Crippen LogP contribution in [0.2, 0.25) is 0 Å². The lowest BCUT2D eigenvalue weighted by Gasteiger charge is -2.26. The molecule has 0 saturated heterocycles. The Morgan fingerprint density at radius 2 is 1.44 bits per heavy atom. The molecule has 0 fully saturated rings. The minimum absolute atomic E-state index is 0.263. The molecular formula is C26H28O6. The zero-order valence-electron chi connectivity index (χ0n) is 19.3. The first-order chi connectivity index (χ1) is 15.0. The van der Waals surface area contributed by atoms with E-state index in [2.05, 4.69) is 5.92 Å². The molecule has 0 aromatic heterocycles. The van der Waals surface area contributed by atoms with E-state index in [1.807, 2.05) is 0 Å². The average Bonchev–Trinajstić information content (AvgIpc) is 2.74. The van der Waals surface area contributed by atoms with Gasteiger partial charge in [-0.1, -0.05) is 24.1 Å². The van der Waals surface area contributed by atoms with Crippen LogP contribution in [-0.2, 0) is 20.7 Å². The van der Waals surface area contributed by atoms with Gasteiger partial charge in [-0.25, -0.2) is 4.79 Å². The summed E-state index contributed by atoms with van der Waals surface area (Å²) in [5.41, 5.74) is 1.90. The summed E-state index contributed by atoms with van der Waals surface area (Å²) in [6.07, 6.45) is 6.31. The molecule has 0 aliphatic carbocycles. The molecule has 0 unspecified atom stereocenters. The predicted octanol–water partition coefficient (Wildman–Crippen LogP) is 4.64.